The van der Waals surface area contributed by atoms with E-state index in [1.165, 1.54) is 16.7 Å². The van der Waals surface area contributed by atoms with Crippen molar-refractivity contribution in [1.82, 2.24) is 4.57 Å². The molecule has 2 heterocycles. The summed E-state index contributed by atoms with van der Waals surface area (Å²) in [5, 5.41) is 20.4. The fourth-order valence-electron chi connectivity index (χ4n) is 5.52. The van der Waals surface area contributed by atoms with Crippen molar-refractivity contribution in [1.29, 1.82) is 0 Å². The molecule has 8 heteroatoms. The first-order valence-electron chi connectivity index (χ1n) is 14.6. The monoisotopic (exact) mass is 599 g/mol. The number of ether oxygens (including phenoxy) is 2. The van der Waals surface area contributed by atoms with Crippen molar-refractivity contribution in [3.05, 3.63) is 98.7 Å². The van der Waals surface area contributed by atoms with E-state index in [-0.39, 0.29) is 18.0 Å². The van der Waals surface area contributed by atoms with E-state index in [0.29, 0.717) is 69.1 Å². The van der Waals surface area contributed by atoms with E-state index in [0.717, 1.165) is 22.4 Å². The molecule has 3 aromatic carbocycles. The second-order valence-electron chi connectivity index (χ2n) is 11.9. The molecule has 230 valence electrons. The Labute approximate surface area is 256 Å². The predicted octanol–water partition coefficient (Wildman–Crippen LogP) is 7.62. The molecule has 44 heavy (non-hydrogen) atoms. The van der Waals surface area contributed by atoms with Crippen LogP contribution < -0.4 is 15.0 Å². The molecule has 0 saturated heterocycles. The quantitative estimate of drug-likeness (QED) is 0.169. The smallest absolute Gasteiger partial charge is 0.261 e. The highest BCUT2D eigenvalue weighted by Crippen LogP contribution is 2.42. The largest absolute Gasteiger partial charge is 0.493 e. The molecule has 2 N–H and O–H groups in total. The van der Waals surface area contributed by atoms with Gasteiger partial charge >= 0.3 is 0 Å². The van der Waals surface area contributed by atoms with Crippen LogP contribution in [-0.4, -0.2) is 28.0 Å². The fraction of sp³-hybridized carbons (Fsp3) is 0.306. The van der Waals surface area contributed by atoms with Crippen LogP contribution in [0.1, 0.15) is 48.1 Å². The van der Waals surface area contributed by atoms with Crippen LogP contribution in [0.2, 0.25) is 0 Å². The summed E-state index contributed by atoms with van der Waals surface area (Å²) in [5.41, 5.74) is 4.74. The zero-order valence-electron chi connectivity index (χ0n) is 26.2. The number of aryl methyl sites for hydroxylation is 5. The zero-order valence-corrected chi connectivity index (χ0v) is 26.2. The number of nitrogens with zero attached hydrogens (tertiary/aromatic N) is 1. The number of aliphatic hydroxyl groups is 2. The van der Waals surface area contributed by atoms with Crippen LogP contribution in [0.3, 0.4) is 0 Å². The van der Waals surface area contributed by atoms with Crippen LogP contribution in [0.15, 0.2) is 63.9 Å². The van der Waals surface area contributed by atoms with Crippen molar-refractivity contribution in [2.24, 2.45) is 7.05 Å². The molecule has 0 amide bonds. The summed E-state index contributed by atoms with van der Waals surface area (Å²) in [7, 11) is 1.68. The average Bonchev–Trinajstić information content (AvgIpc) is 3.40. The zero-order chi connectivity index (χ0) is 31.9. The van der Waals surface area contributed by atoms with Crippen molar-refractivity contribution in [3.63, 3.8) is 0 Å². The van der Waals surface area contributed by atoms with Crippen molar-refractivity contribution in [2.45, 2.75) is 53.6 Å². The number of furan rings is 1. The molecule has 0 aliphatic heterocycles. The summed E-state index contributed by atoms with van der Waals surface area (Å²) in [4.78, 5) is 13.4. The Kier molecular flexibility index (Phi) is 8.42. The van der Waals surface area contributed by atoms with Gasteiger partial charge in [-0.15, -0.1) is 0 Å². The number of aliphatic hydroxyl groups excluding tert-OH is 1. The summed E-state index contributed by atoms with van der Waals surface area (Å²) in [5.74, 6) is 1.92. The van der Waals surface area contributed by atoms with Gasteiger partial charge in [0.1, 0.15) is 34.4 Å². The van der Waals surface area contributed by atoms with Crippen molar-refractivity contribution < 1.29 is 28.5 Å². The van der Waals surface area contributed by atoms with Gasteiger partial charge in [0, 0.05) is 43.0 Å². The minimum atomic E-state index is -1.15. The van der Waals surface area contributed by atoms with Crippen LogP contribution in [0, 0.1) is 33.5 Å². The van der Waals surface area contributed by atoms with Gasteiger partial charge in [-0.2, -0.15) is 0 Å². The summed E-state index contributed by atoms with van der Waals surface area (Å²) in [6, 6.07) is 13.9. The third-order valence-corrected chi connectivity index (χ3v) is 7.76. The normalized spacial score (nSPS) is 11.8. The van der Waals surface area contributed by atoms with E-state index in [1.807, 2.05) is 32.0 Å². The number of aromatic nitrogens is 1. The number of hydrogen-bond donors (Lipinski definition) is 2. The van der Waals surface area contributed by atoms with E-state index in [4.69, 9.17) is 19.0 Å². The Bertz CT molecular complexity index is 1880. The first-order valence-corrected chi connectivity index (χ1v) is 14.6. The molecule has 0 radical (unpaired) electrons. The standard InChI is InChI=1S/C36H38FNO6/c1-20-13-24(14-21(2)32(20)42-12-8-11-39)31-18-28-34(44-31)29(19-38(7)35(28)40)27-17-25(36(5,6)41)9-10-30(27)43-33-22(3)15-26(37)16-23(33)4/h9-10,13-19,39,41H,8,11-12H2,1-7H3. The van der Waals surface area contributed by atoms with Crippen LogP contribution in [-0.2, 0) is 12.6 Å². The summed E-state index contributed by atoms with van der Waals surface area (Å²) in [6.45, 7) is 11.3. The van der Waals surface area contributed by atoms with Crippen LogP contribution in [0.25, 0.3) is 33.4 Å². The Hall–Kier alpha value is -4.40. The van der Waals surface area contributed by atoms with Crippen molar-refractivity contribution in [3.8, 4) is 39.7 Å². The number of fused-ring (bicyclic) bond motifs is 1. The number of benzene rings is 3. The van der Waals surface area contributed by atoms with Gasteiger partial charge in [0.15, 0.2) is 0 Å². The average molecular weight is 600 g/mol. The third kappa shape index (κ3) is 6.00. The maximum absolute atomic E-state index is 14.1. The third-order valence-electron chi connectivity index (χ3n) is 7.76. The van der Waals surface area contributed by atoms with Gasteiger partial charge in [-0.05, 0) is 112 Å². The van der Waals surface area contributed by atoms with Crippen LogP contribution in [0.5, 0.6) is 17.2 Å². The molecule has 0 saturated carbocycles. The molecule has 0 unspecified atom stereocenters. The minimum absolute atomic E-state index is 0.0566. The highest BCUT2D eigenvalue weighted by atomic mass is 19.1. The lowest BCUT2D eigenvalue weighted by atomic mass is 9.93. The SMILES string of the molecule is Cc1cc(-c2cc3c(=O)n(C)cc(-c4cc(C(C)(C)O)ccc4Oc4c(C)cc(F)cc4C)c3o2)cc(C)c1OCCCO. The van der Waals surface area contributed by atoms with E-state index >= 15 is 0 Å². The molecular weight excluding hydrogens is 561 g/mol. The minimum Gasteiger partial charge on any atom is -0.493 e. The lowest BCUT2D eigenvalue weighted by Gasteiger charge is -2.21. The maximum Gasteiger partial charge on any atom is 0.261 e. The summed E-state index contributed by atoms with van der Waals surface area (Å²) < 4.78 is 34.4. The Morgan fingerprint density at radius 3 is 2.16 bits per heavy atom. The summed E-state index contributed by atoms with van der Waals surface area (Å²) in [6.07, 6.45) is 2.24. The van der Waals surface area contributed by atoms with Gasteiger partial charge in [-0.25, -0.2) is 4.39 Å². The lowest BCUT2D eigenvalue weighted by molar-refractivity contribution is 0.0786. The summed E-state index contributed by atoms with van der Waals surface area (Å²) >= 11 is 0. The molecule has 0 aliphatic rings. The molecule has 5 aromatic rings. The Balaban J connectivity index is 1.70. The van der Waals surface area contributed by atoms with Gasteiger partial charge in [-0.1, -0.05) is 6.07 Å². The fourth-order valence-corrected chi connectivity index (χ4v) is 5.52. The molecule has 0 spiro atoms. The number of rotatable bonds is 9. The van der Waals surface area contributed by atoms with E-state index in [2.05, 4.69) is 0 Å². The van der Waals surface area contributed by atoms with Crippen molar-refractivity contribution in [2.75, 3.05) is 13.2 Å². The highest BCUT2D eigenvalue weighted by molar-refractivity contribution is 5.95. The van der Waals surface area contributed by atoms with Crippen molar-refractivity contribution >= 4 is 11.0 Å². The number of hydrogen-bond acceptors (Lipinski definition) is 6. The molecular formula is C36H38FNO6. The number of halogens is 1. The van der Waals surface area contributed by atoms with E-state index < -0.39 is 5.60 Å². The second kappa shape index (κ2) is 11.9. The van der Waals surface area contributed by atoms with E-state index in [1.54, 1.807) is 59.1 Å². The van der Waals surface area contributed by atoms with Gasteiger partial charge in [0.2, 0.25) is 0 Å². The van der Waals surface area contributed by atoms with Gasteiger partial charge in [0.05, 0.1) is 17.6 Å². The molecule has 7 nitrogen and oxygen atoms in total. The molecule has 0 aliphatic carbocycles. The van der Waals surface area contributed by atoms with Crippen LogP contribution >= 0.6 is 0 Å². The maximum atomic E-state index is 14.1. The molecule has 5 rings (SSSR count). The Morgan fingerprint density at radius 2 is 1.55 bits per heavy atom. The van der Waals surface area contributed by atoms with Crippen LogP contribution in [0.4, 0.5) is 4.39 Å². The van der Waals surface area contributed by atoms with E-state index in [9.17, 15) is 14.3 Å². The Morgan fingerprint density at radius 1 is 0.909 bits per heavy atom. The number of pyridine rings is 1. The van der Waals surface area contributed by atoms with Gasteiger partial charge in [-0.3, -0.25) is 4.79 Å². The first kappa shape index (κ1) is 31.0. The second-order valence-corrected chi connectivity index (χ2v) is 11.9. The van der Waals surface area contributed by atoms with Gasteiger partial charge in [0.25, 0.3) is 5.56 Å². The molecule has 2 aromatic heterocycles. The molecule has 0 fully saturated rings. The lowest BCUT2D eigenvalue weighted by Crippen LogP contribution is -2.17. The molecule has 0 atom stereocenters. The first-order chi connectivity index (χ1) is 20.8. The molecule has 0 bridgehead atoms. The topological polar surface area (TPSA) is 94.1 Å². The highest BCUT2D eigenvalue weighted by Gasteiger charge is 2.24. The predicted molar refractivity (Wildman–Crippen MR) is 170 cm³/mol. The van der Waals surface area contributed by atoms with Gasteiger partial charge < -0.3 is 28.7 Å².